The smallest absolute Gasteiger partial charge is 0.462 e. The van der Waals surface area contributed by atoms with Crippen molar-refractivity contribution in [1.29, 1.82) is 0 Å². The summed E-state index contributed by atoms with van der Waals surface area (Å²) >= 11 is 0. The molecule has 19 heteroatoms. The van der Waals surface area contributed by atoms with Gasteiger partial charge in [-0.2, -0.15) is 0 Å². The van der Waals surface area contributed by atoms with E-state index in [1.54, 1.807) is 0 Å². The Morgan fingerprint density at radius 1 is 0.330 bits per heavy atom. The van der Waals surface area contributed by atoms with Crippen LogP contribution in [-0.4, -0.2) is 96.7 Å². The van der Waals surface area contributed by atoms with E-state index < -0.39 is 97.5 Å². The van der Waals surface area contributed by atoms with Gasteiger partial charge in [0.2, 0.25) is 0 Å². The number of ether oxygens (including phenoxy) is 4. The van der Waals surface area contributed by atoms with Crippen molar-refractivity contribution in [3.8, 4) is 0 Å². The van der Waals surface area contributed by atoms with Crippen LogP contribution in [0.3, 0.4) is 0 Å². The van der Waals surface area contributed by atoms with Crippen molar-refractivity contribution < 1.29 is 80.2 Å². The van der Waals surface area contributed by atoms with Gasteiger partial charge in [0.05, 0.1) is 26.4 Å². The summed E-state index contributed by atoms with van der Waals surface area (Å²) in [4.78, 5) is 72.2. The van der Waals surface area contributed by atoms with Crippen LogP contribution in [0.5, 0.6) is 0 Å². The third-order valence-corrected chi connectivity index (χ3v) is 18.2. The Balaban J connectivity index is 5.09. The second-order valence-electron chi connectivity index (χ2n) is 25.6. The average Bonchev–Trinajstić information content (AvgIpc) is 3.53. The van der Waals surface area contributed by atoms with Gasteiger partial charge >= 0.3 is 39.5 Å². The first kappa shape index (κ1) is 86.1. The lowest BCUT2D eigenvalue weighted by Crippen LogP contribution is -2.30. The van der Waals surface area contributed by atoms with Gasteiger partial charge in [0, 0.05) is 25.7 Å². The summed E-state index contributed by atoms with van der Waals surface area (Å²) in [6.07, 6.45) is 46.2. The molecule has 0 spiro atoms. The van der Waals surface area contributed by atoms with E-state index in [-0.39, 0.29) is 25.7 Å². The Morgan fingerprint density at radius 3 is 0.864 bits per heavy atom. The molecule has 522 valence electrons. The predicted molar refractivity (Wildman–Crippen MR) is 354 cm³/mol. The number of carbonyl (C=O) groups excluding carboxylic acids is 4. The number of rotatable bonds is 68. The summed E-state index contributed by atoms with van der Waals surface area (Å²) < 4.78 is 68.0. The van der Waals surface area contributed by atoms with E-state index in [4.69, 9.17) is 37.0 Å². The molecule has 0 aliphatic rings. The van der Waals surface area contributed by atoms with Gasteiger partial charge in [-0.3, -0.25) is 37.3 Å². The first-order valence-corrected chi connectivity index (χ1v) is 39.0. The van der Waals surface area contributed by atoms with Crippen molar-refractivity contribution in [2.24, 2.45) is 11.8 Å². The number of hydrogen-bond donors (Lipinski definition) is 3. The van der Waals surface area contributed by atoms with Crippen molar-refractivity contribution in [1.82, 2.24) is 0 Å². The summed E-state index contributed by atoms with van der Waals surface area (Å²) in [5, 5.41) is 10.5. The molecule has 0 aliphatic heterocycles. The van der Waals surface area contributed by atoms with E-state index >= 15 is 0 Å². The third kappa shape index (κ3) is 61.6. The van der Waals surface area contributed by atoms with Crippen LogP contribution in [0.15, 0.2) is 0 Å². The van der Waals surface area contributed by atoms with Gasteiger partial charge in [-0.05, 0) is 37.5 Å². The second-order valence-corrected chi connectivity index (χ2v) is 28.5. The van der Waals surface area contributed by atoms with Gasteiger partial charge in [0.25, 0.3) is 0 Å². The quantitative estimate of drug-likeness (QED) is 0.0222. The van der Waals surface area contributed by atoms with Gasteiger partial charge in [-0.15, -0.1) is 0 Å². The van der Waals surface area contributed by atoms with Gasteiger partial charge in [0.15, 0.2) is 12.2 Å². The molecule has 88 heavy (non-hydrogen) atoms. The van der Waals surface area contributed by atoms with Crippen LogP contribution in [0.2, 0.25) is 0 Å². The maximum atomic E-state index is 13.0. The molecule has 0 aliphatic carbocycles. The first-order valence-electron chi connectivity index (χ1n) is 36.0. The van der Waals surface area contributed by atoms with Crippen LogP contribution in [0.25, 0.3) is 0 Å². The molecule has 3 N–H and O–H groups in total. The van der Waals surface area contributed by atoms with Gasteiger partial charge in [0.1, 0.15) is 19.3 Å². The SMILES string of the molecule is CCCCCCCCCCC(=O)O[C@H](COC(=O)CCCCCCCCC)COP(=O)(O)OC[C@H](O)COP(=O)(O)OC[C@@H](COC(=O)CCCCCCCCCCC(C)C)OC(=O)CCCCCCCCCCCCCCCCCCCCC(C)CC. The van der Waals surface area contributed by atoms with Crippen molar-refractivity contribution in [3.63, 3.8) is 0 Å². The molecule has 0 saturated heterocycles. The molecule has 0 fully saturated rings. The van der Waals surface area contributed by atoms with E-state index in [1.165, 1.54) is 148 Å². The minimum absolute atomic E-state index is 0.104. The maximum absolute atomic E-state index is 13.0. The molecule has 0 rings (SSSR count). The predicted octanol–water partition coefficient (Wildman–Crippen LogP) is 19.6. The van der Waals surface area contributed by atoms with E-state index in [1.807, 2.05) is 0 Å². The van der Waals surface area contributed by atoms with Crippen molar-refractivity contribution in [2.45, 2.75) is 368 Å². The zero-order valence-electron chi connectivity index (χ0n) is 57.0. The lowest BCUT2D eigenvalue weighted by molar-refractivity contribution is -0.161. The molecule has 17 nitrogen and oxygen atoms in total. The normalized spacial score (nSPS) is 14.5. The number of phosphoric ester groups is 2. The summed E-state index contributed by atoms with van der Waals surface area (Å²) in [6.45, 7) is 9.49. The monoisotopic (exact) mass is 1300 g/mol. The number of aliphatic hydroxyl groups is 1. The molecule has 3 unspecified atom stereocenters. The Hall–Kier alpha value is -1.94. The van der Waals surface area contributed by atoms with E-state index in [0.29, 0.717) is 25.7 Å². The van der Waals surface area contributed by atoms with Crippen molar-refractivity contribution in [2.75, 3.05) is 39.6 Å². The second kappa shape index (κ2) is 61.3. The molecule has 0 aromatic rings. The molecule has 0 radical (unpaired) electrons. The molecule has 0 amide bonds. The number of esters is 4. The zero-order chi connectivity index (χ0) is 65.0. The van der Waals surface area contributed by atoms with E-state index in [0.717, 1.165) is 121 Å². The lowest BCUT2D eigenvalue weighted by atomic mass is 9.99. The average molecular weight is 1300 g/mol. The van der Waals surface area contributed by atoms with E-state index in [9.17, 15) is 43.2 Å². The standard InChI is InChI=1S/C69H134O17P2/c1-7-10-12-14-16-34-41-47-53-68(73)85-64(57-79-66(71)51-45-39-31-15-13-11-8-2)59-83-87(75,76)81-55-63(70)56-82-88(77,78)84-60-65(58-80-67(72)52-46-40-35-30-29-32-37-43-49-61(4)5)86-69(74)54-48-42-36-28-26-24-22-20-18-17-19-21-23-25-27-33-38-44-50-62(6)9-3/h61-65,70H,7-60H2,1-6H3,(H,75,76)(H,77,78)/t62?,63-,64+,65+/m0/s1. The number of hydrogen-bond acceptors (Lipinski definition) is 15. The van der Waals surface area contributed by atoms with Crippen LogP contribution >= 0.6 is 15.6 Å². The van der Waals surface area contributed by atoms with Crippen LogP contribution in [0.1, 0.15) is 350 Å². The lowest BCUT2D eigenvalue weighted by Gasteiger charge is -2.21. The molecular weight excluding hydrogens is 1160 g/mol. The minimum atomic E-state index is -4.95. The Bertz CT molecular complexity index is 1720. The Kier molecular flexibility index (Phi) is 59.9. The summed E-state index contributed by atoms with van der Waals surface area (Å²) in [5.74, 6) is -0.538. The fraction of sp³-hybridized carbons (Fsp3) is 0.942. The Labute approximate surface area is 537 Å². The fourth-order valence-corrected chi connectivity index (χ4v) is 12.0. The largest absolute Gasteiger partial charge is 0.472 e. The summed E-state index contributed by atoms with van der Waals surface area (Å²) in [6, 6.07) is 0. The van der Waals surface area contributed by atoms with Crippen LogP contribution in [0.4, 0.5) is 0 Å². The van der Waals surface area contributed by atoms with Gasteiger partial charge in [-0.1, -0.05) is 298 Å². The number of carbonyl (C=O) groups is 4. The first-order chi connectivity index (χ1) is 42.4. The highest BCUT2D eigenvalue weighted by molar-refractivity contribution is 7.47. The number of phosphoric acid groups is 2. The molecule has 0 bridgehead atoms. The van der Waals surface area contributed by atoms with Gasteiger partial charge < -0.3 is 33.8 Å². The number of unbranched alkanes of at least 4 members (excludes halogenated alkanes) is 37. The summed E-state index contributed by atoms with van der Waals surface area (Å²) in [5.41, 5.74) is 0. The Morgan fingerprint density at radius 2 is 0.580 bits per heavy atom. The highest BCUT2D eigenvalue weighted by atomic mass is 31.2. The van der Waals surface area contributed by atoms with Gasteiger partial charge in [-0.25, -0.2) is 9.13 Å². The molecule has 0 aromatic heterocycles. The minimum Gasteiger partial charge on any atom is -0.462 e. The number of aliphatic hydroxyl groups excluding tert-OH is 1. The molecule has 0 aromatic carbocycles. The molecule has 0 heterocycles. The third-order valence-electron chi connectivity index (χ3n) is 16.3. The summed E-state index contributed by atoms with van der Waals surface area (Å²) in [7, 11) is -9.89. The van der Waals surface area contributed by atoms with Crippen LogP contribution < -0.4 is 0 Å². The highest BCUT2D eigenvalue weighted by Crippen LogP contribution is 2.45. The topological polar surface area (TPSA) is 237 Å². The zero-order valence-corrected chi connectivity index (χ0v) is 58.8. The maximum Gasteiger partial charge on any atom is 0.472 e. The highest BCUT2D eigenvalue weighted by Gasteiger charge is 2.30. The molecule has 0 saturated carbocycles. The fourth-order valence-electron chi connectivity index (χ4n) is 10.4. The van der Waals surface area contributed by atoms with Crippen LogP contribution in [0, 0.1) is 11.8 Å². The molecular formula is C69H134O17P2. The molecule has 6 atom stereocenters. The van der Waals surface area contributed by atoms with Crippen LogP contribution in [-0.2, 0) is 65.4 Å². The van der Waals surface area contributed by atoms with Crippen molar-refractivity contribution >= 4 is 39.5 Å². The van der Waals surface area contributed by atoms with E-state index in [2.05, 4.69) is 41.5 Å². The van der Waals surface area contributed by atoms with Crippen molar-refractivity contribution in [3.05, 3.63) is 0 Å².